The van der Waals surface area contributed by atoms with Crippen LogP contribution in [0, 0.1) is 99.1 Å². The summed E-state index contributed by atoms with van der Waals surface area (Å²) in [6, 6.07) is 10.5. The number of hydrogen-bond donors (Lipinski definition) is 0. The molecular formula is C39H56N4S. The monoisotopic (exact) mass is 612 g/mol. The molecule has 0 aromatic carbocycles. The van der Waals surface area contributed by atoms with E-state index in [4.69, 9.17) is 0 Å². The molecule has 0 aromatic heterocycles. The number of likely N-dealkylation sites (tertiary alicyclic amines) is 1. The molecule has 2 heterocycles. The van der Waals surface area contributed by atoms with Crippen LogP contribution in [-0.4, -0.2) is 33.5 Å². The van der Waals surface area contributed by atoms with E-state index in [1.807, 2.05) is 0 Å². The molecule has 0 N–H and O–H groups in total. The van der Waals surface area contributed by atoms with E-state index in [2.05, 4.69) is 34.9 Å². The van der Waals surface area contributed by atoms with Crippen LogP contribution in [0.4, 0.5) is 0 Å². The molecule has 8 aliphatic rings. The summed E-state index contributed by atoms with van der Waals surface area (Å²) in [7, 11) is 0. The van der Waals surface area contributed by atoms with Crippen molar-refractivity contribution in [1.29, 1.82) is 15.8 Å². The molecule has 12 unspecified atom stereocenters. The van der Waals surface area contributed by atoms with Crippen LogP contribution in [-0.2, 0) is 0 Å². The van der Waals surface area contributed by atoms with Crippen LogP contribution in [0.25, 0.3) is 0 Å². The third-order valence-corrected chi connectivity index (χ3v) is 17.2. The van der Waals surface area contributed by atoms with Crippen molar-refractivity contribution in [3.05, 3.63) is 0 Å². The zero-order valence-electron chi connectivity index (χ0n) is 27.1. The molecule has 8 fully saturated rings. The minimum Gasteiger partial charge on any atom is -0.294 e. The fourth-order valence-electron chi connectivity index (χ4n) is 13.9. The molecule has 0 amide bonds. The van der Waals surface area contributed by atoms with Gasteiger partial charge in [0, 0.05) is 34.5 Å². The second-order valence-corrected chi connectivity index (χ2v) is 18.4. The second kappa shape index (κ2) is 12.8. The molecule has 0 aromatic rings. The highest BCUT2D eigenvalue weighted by Crippen LogP contribution is 2.63. The lowest BCUT2D eigenvalue weighted by molar-refractivity contribution is -0.0352. The van der Waals surface area contributed by atoms with Crippen LogP contribution in [0.5, 0.6) is 0 Å². The molecule has 6 aliphatic carbocycles. The predicted molar refractivity (Wildman–Crippen MR) is 176 cm³/mol. The highest BCUT2D eigenvalue weighted by molar-refractivity contribution is 8.00. The Morgan fingerprint density at radius 2 is 1.07 bits per heavy atom. The molecule has 0 bridgehead atoms. The fourth-order valence-corrected chi connectivity index (χ4v) is 16.0. The van der Waals surface area contributed by atoms with Gasteiger partial charge in [-0.05, 0) is 137 Å². The third-order valence-electron chi connectivity index (χ3n) is 15.4. The van der Waals surface area contributed by atoms with Gasteiger partial charge in [-0.25, -0.2) is 0 Å². The Balaban J connectivity index is 1.06. The van der Waals surface area contributed by atoms with Gasteiger partial charge in [-0.15, -0.1) is 0 Å². The third kappa shape index (κ3) is 5.07. The molecule has 0 radical (unpaired) electrons. The summed E-state index contributed by atoms with van der Waals surface area (Å²) in [6.45, 7) is 0. The van der Waals surface area contributed by atoms with Gasteiger partial charge >= 0.3 is 0 Å². The number of hydrogen-bond acceptors (Lipinski definition) is 5. The topological polar surface area (TPSA) is 74.6 Å². The van der Waals surface area contributed by atoms with Crippen molar-refractivity contribution in [3.8, 4) is 18.2 Å². The molecule has 5 heteroatoms. The Morgan fingerprint density at radius 3 is 1.68 bits per heavy atom. The predicted octanol–water partition coefficient (Wildman–Crippen LogP) is 9.12. The minimum atomic E-state index is -0.123. The number of nitriles is 3. The van der Waals surface area contributed by atoms with Gasteiger partial charge in [-0.1, -0.05) is 38.5 Å². The summed E-state index contributed by atoms with van der Waals surface area (Å²) in [5.41, 5.74) is 0. The molecule has 12 atom stereocenters. The highest BCUT2D eigenvalue weighted by Gasteiger charge is 2.59. The largest absolute Gasteiger partial charge is 0.294 e. The van der Waals surface area contributed by atoms with Crippen molar-refractivity contribution in [2.75, 3.05) is 0 Å². The van der Waals surface area contributed by atoms with Gasteiger partial charge in [0.1, 0.15) is 0 Å². The van der Waals surface area contributed by atoms with Crippen molar-refractivity contribution in [2.45, 2.75) is 157 Å². The Labute approximate surface area is 272 Å². The molecule has 8 rings (SSSR count). The van der Waals surface area contributed by atoms with E-state index in [9.17, 15) is 15.8 Å². The quantitative estimate of drug-likeness (QED) is 0.318. The molecule has 2 aliphatic heterocycles. The Hall–Kier alpha value is -1.22. The molecule has 6 saturated carbocycles. The lowest BCUT2D eigenvalue weighted by Gasteiger charge is -2.53. The number of rotatable bonds is 3. The number of thioether (sulfide) groups is 1. The van der Waals surface area contributed by atoms with E-state index >= 15 is 0 Å². The zero-order valence-corrected chi connectivity index (χ0v) is 27.9. The van der Waals surface area contributed by atoms with E-state index in [1.54, 1.807) is 0 Å². The van der Waals surface area contributed by atoms with Crippen LogP contribution in [0.1, 0.15) is 128 Å². The van der Waals surface area contributed by atoms with Crippen LogP contribution in [0.15, 0.2) is 0 Å². The minimum absolute atomic E-state index is 0.121. The van der Waals surface area contributed by atoms with Gasteiger partial charge in [0.15, 0.2) is 0 Å². The van der Waals surface area contributed by atoms with Gasteiger partial charge < -0.3 is 0 Å². The highest BCUT2D eigenvalue weighted by atomic mass is 32.2. The summed E-state index contributed by atoms with van der Waals surface area (Å²) < 4.78 is 0. The first-order chi connectivity index (χ1) is 21.7. The summed E-state index contributed by atoms with van der Waals surface area (Å²) in [5, 5.41) is 32.5. The van der Waals surface area contributed by atoms with Crippen molar-refractivity contribution in [2.24, 2.45) is 65.1 Å². The SMILES string of the molecule is N#CC1CC(C#N)C(C2C(C3CCC(N4C5CCCCC5C5CCCCC54)CC3)CCC3SC4CCCCC4C32)C(C#N)C1. The van der Waals surface area contributed by atoms with E-state index in [-0.39, 0.29) is 23.7 Å². The first-order valence-corrected chi connectivity index (χ1v) is 20.3. The molecule has 4 nitrogen and oxygen atoms in total. The summed E-state index contributed by atoms with van der Waals surface area (Å²) in [5.74, 6) is 5.25. The Kier molecular flexibility index (Phi) is 8.74. The standard InChI is InChI=1S/C39H56N4S/c40-21-24-19-26(22-41)37(27(20-24)23-42)39-29(17-18-36-38(39)32-9-3-6-12-35(32)44-36)25-13-15-28(16-14-25)43-33-10-4-1-7-30(33)31-8-2-5-11-34(31)43/h24-39H,1-20H2. The molecule has 44 heavy (non-hydrogen) atoms. The average Bonchev–Trinajstić information content (AvgIpc) is 3.63. The second-order valence-electron chi connectivity index (χ2n) is 17.0. The Morgan fingerprint density at radius 1 is 0.477 bits per heavy atom. The molecule has 0 spiro atoms. The molecule has 2 saturated heterocycles. The fraction of sp³-hybridized carbons (Fsp3) is 0.923. The maximum Gasteiger partial charge on any atom is 0.0659 e. The van der Waals surface area contributed by atoms with Crippen LogP contribution in [0.3, 0.4) is 0 Å². The lowest BCUT2D eigenvalue weighted by atomic mass is 9.51. The van der Waals surface area contributed by atoms with Gasteiger partial charge in [0.05, 0.1) is 30.0 Å². The maximum absolute atomic E-state index is 10.6. The van der Waals surface area contributed by atoms with E-state index < -0.39 is 0 Å². The normalized spacial score (nSPS) is 52.3. The van der Waals surface area contributed by atoms with E-state index in [0.717, 1.165) is 52.3 Å². The van der Waals surface area contributed by atoms with E-state index in [0.29, 0.717) is 30.6 Å². The zero-order chi connectivity index (χ0) is 29.8. The molecule has 238 valence electrons. The average molecular weight is 613 g/mol. The van der Waals surface area contributed by atoms with Crippen molar-refractivity contribution >= 4 is 11.8 Å². The van der Waals surface area contributed by atoms with Crippen LogP contribution >= 0.6 is 11.8 Å². The van der Waals surface area contributed by atoms with Crippen molar-refractivity contribution < 1.29 is 0 Å². The summed E-state index contributed by atoms with van der Waals surface area (Å²) in [6.07, 6.45) is 26.9. The summed E-state index contributed by atoms with van der Waals surface area (Å²) in [4.78, 5) is 3.17. The smallest absolute Gasteiger partial charge is 0.0659 e. The van der Waals surface area contributed by atoms with Crippen molar-refractivity contribution in [3.63, 3.8) is 0 Å². The van der Waals surface area contributed by atoms with Crippen LogP contribution in [0.2, 0.25) is 0 Å². The Bertz CT molecular complexity index is 1110. The van der Waals surface area contributed by atoms with Gasteiger partial charge in [0.2, 0.25) is 0 Å². The van der Waals surface area contributed by atoms with E-state index in [1.165, 1.54) is 116 Å². The molecular weight excluding hydrogens is 557 g/mol. The van der Waals surface area contributed by atoms with Gasteiger partial charge in [-0.3, -0.25) is 4.90 Å². The number of fused-ring (bicyclic) bond motifs is 6. The lowest BCUT2D eigenvalue weighted by Crippen LogP contribution is -2.52. The van der Waals surface area contributed by atoms with Gasteiger partial charge in [-0.2, -0.15) is 27.5 Å². The van der Waals surface area contributed by atoms with Crippen molar-refractivity contribution in [1.82, 2.24) is 4.90 Å². The maximum atomic E-state index is 10.6. The number of nitrogens with zero attached hydrogens (tertiary/aromatic N) is 4. The first kappa shape index (κ1) is 30.1. The van der Waals surface area contributed by atoms with Gasteiger partial charge in [0.25, 0.3) is 0 Å². The summed E-state index contributed by atoms with van der Waals surface area (Å²) >= 11 is 2.33. The van der Waals surface area contributed by atoms with Crippen LogP contribution < -0.4 is 0 Å². The first-order valence-electron chi connectivity index (χ1n) is 19.3.